The van der Waals surface area contributed by atoms with Crippen molar-refractivity contribution in [3.8, 4) is 0 Å². The molecule has 0 aromatic rings. The minimum absolute atomic E-state index is 0.315. The van der Waals surface area contributed by atoms with Crippen LogP contribution in [0.4, 0.5) is 0 Å². The van der Waals surface area contributed by atoms with E-state index in [9.17, 15) is 0 Å². The Hall–Kier alpha value is -0.120. The van der Waals surface area contributed by atoms with Crippen LogP contribution in [-0.2, 0) is 4.84 Å². The number of hydrogen-bond donors (Lipinski definition) is 2. The summed E-state index contributed by atoms with van der Waals surface area (Å²) in [6.45, 7) is 0.807. The van der Waals surface area contributed by atoms with Crippen LogP contribution in [0.25, 0.3) is 0 Å². The fraction of sp³-hybridized carbons (Fsp3) is 1.00. The third kappa shape index (κ3) is 0.727. The van der Waals surface area contributed by atoms with Gasteiger partial charge >= 0.3 is 0 Å². The third-order valence-electron chi connectivity index (χ3n) is 1.64. The van der Waals surface area contributed by atoms with Crippen molar-refractivity contribution >= 4 is 0 Å². The van der Waals surface area contributed by atoms with Gasteiger partial charge in [-0.15, -0.1) is 0 Å². The molecule has 3 heteroatoms. The fourth-order valence-electron chi connectivity index (χ4n) is 0.977. The Morgan fingerprint density at radius 1 is 1.38 bits per heavy atom. The van der Waals surface area contributed by atoms with Gasteiger partial charge in [-0.1, -0.05) is 0 Å². The summed E-state index contributed by atoms with van der Waals surface area (Å²) < 4.78 is 0. The molecule has 0 amide bonds. The summed E-state index contributed by atoms with van der Waals surface area (Å²) in [5.41, 5.74) is 2.78. The first-order valence-electron chi connectivity index (χ1n) is 3.09. The quantitative estimate of drug-likeness (QED) is 0.495. The zero-order chi connectivity index (χ0) is 5.40. The van der Waals surface area contributed by atoms with Crippen LogP contribution < -0.4 is 10.8 Å². The van der Waals surface area contributed by atoms with Crippen molar-refractivity contribution in [1.82, 2.24) is 10.8 Å². The van der Waals surface area contributed by atoms with Crippen molar-refractivity contribution in [2.75, 3.05) is 6.67 Å². The summed E-state index contributed by atoms with van der Waals surface area (Å²) in [5, 5.41) is 3.19. The van der Waals surface area contributed by atoms with Crippen LogP contribution in [-0.4, -0.2) is 12.9 Å². The van der Waals surface area contributed by atoms with Gasteiger partial charge in [-0.2, -0.15) is 5.48 Å². The molecule has 3 nitrogen and oxygen atoms in total. The average molecular weight is 114 g/mol. The maximum Gasteiger partial charge on any atom is 0.133 e. The largest absolute Gasteiger partial charge is 0.281 e. The molecule has 0 aromatic heterocycles. The Morgan fingerprint density at radius 3 is 2.75 bits per heavy atom. The lowest BCUT2D eigenvalue weighted by Crippen LogP contribution is -2.24. The number of hydrogen-bond acceptors (Lipinski definition) is 3. The number of nitrogens with one attached hydrogen (secondary N) is 2. The second-order valence-electron chi connectivity index (χ2n) is 2.40. The van der Waals surface area contributed by atoms with Gasteiger partial charge in [-0.25, -0.2) is 0 Å². The summed E-state index contributed by atoms with van der Waals surface area (Å²) in [6.07, 6.45) is 2.98. The Bertz CT molecular complexity index is 86.4. The highest BCUT2D eigenvalue weighted by Crippen LogP contribution is 2.33. The molecule has 1 atom stereocenters. The van der Waals surface area contributed by atoms with E-state index in [-0.39, 0.29) is 0 Å². The Morgan fingerprint density at radius 2 is 2.25 bits per heavy atom. The van der Waals surface area contributed by atoms with Gasteiger partial charge in [0.1, 0.15) is 6.23 Å². The van der Waals surface area contributed by atoms with Crippen LogP contribution >= 0.6 is 0 Å². The summed E-state index contributed by atoms with van der Waals surface area (Å²) in [7, 11) is 0. The molecule has 1 heterocycles. The minimum Gasteiger partial charge on any atom is -0.281 e. The third-order valence-corrected chi connectivity index (χ3v) is 1.64. The molecule has 0 bridgehead atoms. The van der Waals surface area contributed by atoms with Gasteiger partial charge in [-0.05, 0) is 12.8 Å². The Labute approximate surface area is 48.4 Å². The molecule has 1 saturated carbocycles. The minimum atomic E-state index is 0.315. The molecule has 8 heavy (non-hydrogen) atoms. The average Bonchev–Trinajstić information content (AvgIpc) is 2.49. The monoisotopic (exact) mass is 114 g/mol. The van der Waals surface area contributed by atoms with E-state index in [1.807, 2.05) is 0 Å². The second-order valence-corrected chi connectivity index (χ2v) is 2.40. The van der Waals surface area contributed by atoms with Gasteiger partial charge < -0.3 is 0 Å². The molecule has 46 valence electrons. The second kappa shape index (κ2) is 1.69. The molecule has 1 saturated heterocycles. The predicted octanol–water partition coefficient (Wildman–Crippen LogP) is -0.196. The van der Waals surface area contributed by atoms with E-state index in [2.05, 4.69) is 10.8 Å². The number of rotatable bonds is 1. The maximum absolute atomic E-state index is 5.12. The van der Waals surface area contributed by atoms with Crippen LogP contribution in [0.5, 0.6) is 0 Å². The van der Waals surface area contributed by atoms with Crippen LogP contribution in [0.1, 0.15) is 12.8 Å². The van der Waals surface area contributed by atoms with Gasteiger partial charge in [0.25, 0.3) is 0 Å². The molecule has 2 N–H and O–H groups in total. The molecule has 2 aliphatic rings. The van der Waals surface area contributed by atoms with Crippen molar-refractivity contribution in [3.63, 3.8) is 0 Å². The van der Waals surface area contributed by atoms with Crippen LogP contribution in [0.15, 0.2) is 0 Å². The first-order chi connectivity index (χ1) is 3.97. The van der Waals surface area contributed by atoms with E-state index in [4.69, 9.17) is 4.84 Å². The van der Waals surface area contributed by atoms with Crippen molar-refractivity contribution in [2.24, 2.45) is 5.92 Å². The lowest BCUT2D eigenvalue weighted by atomic mass is 10.4. The Balaban J connectivity index is 1.86. The summed E-state index contributed by atoms with van der Waals surface area (Å²) in [4.78, 5) is 5.12. The van der Waals surface area contributed by atoms with E-state index in [0.717, 1.165) is 12.6 Å². The zero-order valence-electron chi connectivity index (χ0n) is 4.68. The van der Waals surface area contributed by atoms with Crippen molar-refractivity contribution in [2.45, 2.75) is 19.1 Å². The van der Waals surface area contributed by atoms with E-state index < -0.39 is 0 Å². The van der Waals surface area contributed by atoms with Gasteiger partial charge in [0, 0.05) is 5.92 Å². The lowest BCUT2D eigenvalue weighted by Gasteiger charge is -2.03. The maximum atomic E-state index is 5.12. The molecule has 0 spiro atoms. The highest BCUT2D eigenvalue weighted by Gasteiger charge is 2.33. The first kappa shape index (κ1) is 4.73. The highest BCUT2D eigenvalue weighted by molar-refractivity contribution is 4.81. The smallest absolute Gasteiger partial charge is 0.133 e. The first-order valence-corrected chi connectivity index (χ1v) is 3.09. The molecule has 1 aliphatic carbocycles. The van der Waals surface area contributed by atoms with Gasteiger partial charge in [0.05, 0.1) is 6.67 Å². The van der Waals surface area contributed by atoms with Crippen molar-refractivity contribution < 1.29 is 4.84 Å². The normalized spacial score (nSPS) is 38.2. The highest BCUT2D eigenvalue weighted by atomic mass is 16.7. The summed E-state index contributed by atoms with van der Waals surface area (Å²) in [5.74, 6) is 0.796. The van der Waals surface area contributed by atoms with Crippen molar-refractivity contribution in [3.05, 3.63) is 0 Å². The molecule has 1 unspecified atom stereocenters. The van der Waals surface area contributed by atoms with Gasteiger partial charge in [0.2, 0.25) is 0 Å². The van der Waals surface area contributed by atoms with Crippen LogP contribution in [0.2, 0.25) is 0 Å². The molecule has 0 aromatic carbocycles. The van der Waals surface area contributed by atoms with Gasteiger partial charge in [-0.3, -0.25) is 10.2 Å². The molecule has 0 radical (unpaired) electrons. The summed E-state index contributed by atoms with van der Waals surface area (Å²) in [6, 6.07) is 0. The molecule has 2 rings (SSSR count). The topological polar surface area (TPSA) is 33.3 Å². The standard InChI is InChI=1S/C5H10N2O/c1-2-4(1)5-6-3-7-8-5/h4-7H,1-3H2. The molecule has 2 fully saturated rings. The Kier molecular flexibility index (Phi) is 0.997. The lowest BCUT2D eigenvalue weighted by molar-refractivity contribution is 0.0157. The van der Waals surface area contributed by atoms with E-state index in [1.54, 1.807) is 0 Å². The van der Waals surface area contributed by atoms with E-state index >= 15 is 0 Å². The van der Waals surface area contributed by atoms with E-state index in [1.165, 1.54) is 12.8 Å². The van der Waals surface area contributed by atoms with Crippen LogP contribution in [0.3, 0.4) is 0 Å². The van der Waals surface area contributed by atoms with Crippen LogP contribution in [0, 0.1) is 5.92 Å². The fourth-order valence-corrected chi connectivity index (χ4v) is 0.977. The molecule has 1 aliphatic heterocycles. The number of hydroxylamine groups is 1. The zero-order valence-corrected chi connectivity index (χ0v) is 4.68. The van der Waals surface area contributed by atoms with E-state index in [0.29, 0.717) is 6.23 Å². The SMILES string of the molecule is C1NOC(C2CC2)N1. The molecular weight excluding hydrogens is 104 g/mol. The predicted molar refractivity (Wildman–Crippen MR) is 28.7 cm³/mol. The van der Waals surface area contributed by atoms with Gasteiger partial charge in [0.15, 0.2) is 0 Å². The van der Waals surface area contributed by atoms with Crippen molar-refractivity contribution in [1.29, 1.82) is 0 Å². The summed E-state index contributed by atoms with van der Waals surface area (Å²) >= 11 is 0. The molecular formula is C5H10N2O.